The van der Waals surface area contributed by atoms with Gasteiger partial charge in [-0.15, -0.1) is 0 Å². The van der Waals surface area contributed by atoms with Crippen LogP contribution in [-0.4, -0.2) is 12.2 Å². The second-order valence-corrected chi connectivity index (χ2v) is 11.2. The zero-order valence-corrected chi connectivity index (χ0v) is 15.9. The van der Waals surface area contributed by atoms with E-state index in [4.69, 9.17) is 20.9 Å². The minimum absolute atomic E-state index is 0.167. The summed E-state index contributed by atoms with van der Waals surface area (Å²) in [5, 5.41) is 0. The Hall–Kier alpha value is 0.920. The number of hydrogen-bond donors (Lipinski definition) is 1. The van der Waals surface area contributed by atoms with Crippen LogP contribution in [0.3, 0.4) is 0 Å². The third-order valence-electron chi connectivity index (χ3n) is 2.94. The highest BCUT2D eigenvalue weighted by Gasteiger charge is 2.24. The first-order chi connectivity index (χ1) is 8.70. The molecule has 0 spiro atoms. The van der Waals surface area contributed by atoms with Crippen LogP contribution in [0.1, 0.15) is 67.2 Å². The van der Waals surface area contributed by atoms with Crippen LogP contribution in [0.25, 0.3) is 0 Å². The zero-order valence-electron chi connectivity index (χ0n) is 13.3. The summed E-state index contributed by atoms with van der Waals surface area (Å²) in [6.07, 6.45) is 4.28. The first-order valence-electron chi connectivity index (χ1n) is 7.39. The van der Waals surface area contributed by atoms with Crippen LogP contribution in [0.15, 0.2) is 0 Å². The molecule has 0 aromatic carbocycles. The van der Waals surface area contributed by atoms with E-state index in [1.54, 1.807) is 0 Å². The van der Waals surface area contributed by atoms with Gasteiger partial charge in [0.05, 0.1) is 12.2 Å². The molecule has 0 rings (SSSR count). The van der Waals surface area contributed by atoms with E-state index in [1.807, 2.05) is 0 Å². The fourth-order valence-electron chi connectivity index (χ4n) is 2.02. The molecule has 2 unspecified atom stereocenters. The van der Waals surface area contributed by atoms with Crippen molar-refractivity contribution in [2.24, 2.45) is 11.8 Å². The standard InChI is InChI=1S/C14H31O2PS2/c1-7-13(9-11(3)4)15-17(18,19)16-14(8-2)10-12(5)6/h11-14H,7-10H2,1-6H3,(H,18,19). The topological polar surface area (TPSA) is 18.5 Å². The maximum absolute atomic E-state index is 5.98. The number of hydrogen-bond acceptors (Lipinski definition) is 3. The molecule has 0 fully saturated rings. The summed E-state index contributed by atoms with van der Waals surface area (Å²) in [5.74, 6) is 1.21. The SMILES string of the molecule is CCC(CC(C)C)OP(=S)(S)OC(CC)CC(C)C. The Morgan fingerprint density at radius 2 is 1.21 bits per heavy atom. The van der Waals surface area contributed by atoms with Gasteiger partial charge in [0, 0.05) is 0 Å². The van der Waals surface area contributed by atoms with Crippen LogP contribution < -0.4 is 0 Å². The number of thiol groups is 1. The molecular weight excluding hydrogens is 295 g/mol. The van der Waals surface area contributed by atoms with E-state index in [2.05, 4.69) is 53.8 Å². The summed E-state index contributed by atoms with van der Waals surface area (Å²) in [5.41, 5.74) is -2.42. The molecule has 5 heteroatoms. The summed E-state index contributed by atoms with van der Waals surface area (Å²) < 4.78 is 12.0. The van der Waals surface area contributed by atoms with E-state index >= 15 is 0 Å². The van der Waals surface area contributed by atoms with Crippen LogP contribution in [0.4, 0.5) is 0 Å². The van der Waals surface area contributed by atoms with Crippen LogP contribution >= 0.6 is 17.9 Å². The second kappa shape index (κ2) is 9.78. The molecule has 0 N–H and O–H groups in total. The van der Waals surface area contributed by atoms with Crippen molar-refractivity contribution in [1.82, 2.24) is 0 Å². The zero-order chi connectivity index (χ0) is 15.1. The predicted octanol–water partition coefficient (Wildman–Crippen LogP) is 5.82. The Labute approximate surface area is 130 Å². The summed E-state index contributed by atoms with van der Waals surface area (Å²) >= 11 is 9.96. The molecule has 0 heterocycles. The minimum atomic E-state index is -2.42. The van der Waals surface area contributed by atoms with Gasteiger partial charge in [0.1, 0.15) is 0 Å². The molecule has 0 saturated heterocycles. The molecule has 0 aromatic heterocycles. The van der Waals surface area contributed by atoms with Crippen LogP contribution in [0, 0.1) is 11.8 Å². The van der Waals surface area contributed by atoms with E-state index in [-0.39, 0.29) is 12.2 Å². The quantitative estimate of drug-likeness (QED) is 0.403. The largest absolute Gasteiger partial charge is 0.318 e. The molecule has 2 nitrogen and oxygen atoms in total. The van der Waals surface area contributed by atoms with Crippen molar-refractivity contribution in [2.45, 2.75) is 79.4 Å². The van der Waals surface area contributed by atoms with E-state index in [9.17, 15) is 0 Å². The minimum Gasteiger partial charge on any atom is -0.318 e. The monoisotopic (exact) mass is 326 g/mol. The highest BCUT2D eigenvalue weighted by atomic mass is 32.9. The van der Waals surface area contributed by atoms with Gasteiger partial charge in [-0.25, -0.2) is 0 Å². The highest BCUT2D eigenvalue weighted by molar-refractivity contribution is 8.60. The molecule has 2 atom stereocenters. The van der Waals surface area contributed by atoms with E-state index < -0.39 is 5.69 Å². The smallest absolute Gasteiger partial charge is 0.244 e. The molecular formula is C14H31O2PS2. The molecule has 0 aliphatic heterocycles. The maximum Gasteiger partial charge on any atom is 0.244 e. The van der Waals surface area contributed by atoms with Gasteiger partial charge >= 0.3 is 0 Å². The molecule has 0 aliphatic rings. The predicted molar refractivity (Wildman–Crippen MR) is 92.5 cm³/mol. The molecule has 0 bridgehead atoms. The summed E-state index contributed by atoms with van der Waals surface area (Å²) in [7, 11) is 0. The van der Waals surface area contributed by atoms with E-state index in [0.29, 0.717) is 11.8 Å². The first kappa shape index (κ1) is 19.9. The Kier molecular flexibility index (Phi) is 10.3. The van der Waals surface area contributed by atoms with Crippen molar-refractivity contribution in [2.75, 3.05) is 0 Å². The second-order valence-electron chi connectivity index (χ2n) is 6.00. The fourth-order valence-corrected chi connectivity index (χ4v) is 4.83. The molecule has 0 radical (unpaired) electrons. The van der Waals surface area contributed by atoms with Crippen molar-refractivity contribution in [1.29, 1.82) is 0 Å². The molecule has 0 aliphatic carbocycles. The van der Waals surface area contributed by atoms with Gasteiger partial charge in [0.25, 0.3) is 0 Å². The Bertz CT molecular complexity index is 259. The van der Waals surface area contributed by atoms with Crippen LogP contribution in [0.5, 0.6) is 0 Å². The Balaban J connectivity index is 4.46. The normalized spacial score (nSPS) is 18.6. The third-order valence-corrected chi connectivity index (χ3v) is 5.16. The van der Waals surface area contributed by atoms with Crippen molar-refractivity contribution in [3.8, 4) is 0 Å². The lowest BCUT2D eigenvalue weighted by Crippen LogP contribution is -2.17. The fraction of sp³-hybridized carbons (Fsp3) is 1.00. The van der Waals surface area contributed by atoms with Crippen molar-refractivity contribution >= 4 is 29.7 Å². The van der Waals surface area contributed by atoms with Gasteiger partial charge in [-0.2, -0.15) is 0 Å². The lowest BCUT2D eigenvalue weighted by atomic mass is 10.0. The van der Waals surface area contributed by atoms with Crippen molar-refractivity contribution in [3.05, 3.63) is 0 Å². The van der Waals surface area contributed by atoms with Gasteiger partial charge in [0.15, 0.2) is 0 Å². The molecule has 19 heavy (non-hydrogen) atoms. The average Bonchev–Trinajstić information content (AvgIpc) is 2.25. The number of rotatable bonds is 10. The van der Waals surface area contributed by atoms with Gasteiger partial charge in [-0.1, -0.05) is 53.8 Å². The van der Waals surface area contributed by atoms with Crippen molar-refractivity contribution in [3.63, 3.8) is 0 Å². The third kappa shape index (κ3) is 10.3. The van der Waals surface area contributed by atoms with Crippen LogP contribution in [0.2, 0.25) is 0 Å². The van der Waals surface area contributed by atoms with Crippen molar-refractivity contribution < 1.29 is 9.05 Å². The maximum atomic E-state index is 5.98. The van der Waals surface area contributed by atoms with Gasteiger partial charge in [-0.05, 0) is 49.3 Å². The molecule has 0 amide bonds. The first-order valence-corrected chi connectivity index (χ1v) is 11.2. The van der Waals surface area contributed by atoms with Gasteiger partial charge < -0.3 is 9.05 Å². The summed E-state index contributed by atoms with van der Waals surface area (Å²) in [6, 6.07) is 0. The summed E-state index contributed by atoms with van der Waals surface area (Å²) in [4.78, 5) is 0. The molecule has 0 saturated carbocycles. The Morgan fingerprint density at radius 3 is 1.42 bits per heavy atom. The highest BCUT2D eigenvalue weighted by Crippen LogP contribution is 2.56. The molecule has 0 aromatic rings. The Morgan fingerprint density at radius 1 is 0.895 bits per heavy atom. The molecule has 116 valence electrons. The lowest BCUT2D eigenvalue weighted by Gasteiger charge is -2.28. The van der Waals surface area contributed by atoms with Gasteiger partial charge in [-0.3, -0.25) is 0 Å². The summed E-state index contributed by atoms with van der Waals surface area (Å²) in [6.45, 7) is 13.0. The lowest BCUT2D eigenvalue weighted by molar-refractivity contribution is 0.122. The van der Waals surface area contributed by atoms with E-state index in [1.165, 1.54) is 0 Å². The average molecular weight is 327 g/mol. The van der Waals surface area contributed by atoms with Gasteiger partial charge in [0.2, 0.25) is 5.69 Å². The van der Waals surface area contributed by atoms with E-state index in [0.717, 1.165) is 25.7 Å². The van der Waals surface area contributed by atoms with Crippen LogP contribution in [-0.2, 0) is 20.9 Å².